The summed E-state index contributed by atoms with van der Waals surface area (Å²) in [4.78, 5) is 11.2. The molecule has 1 fully saturated rings. The van der Waals surface area contributed by atoms with E-state index in [1.807, 2.05) is 0 Å². The summed E-state index contributed by atoms with van der Waals surface area (Å²) in [6.45, 7) is 1.34. The molecule has 1 aliphatic heterocycles. The Hall–Kier alpha value is -1.75. The maximum Gasteiger partial charge on any atom is 0.352 e. The molecule has 5 heteroatoms. The summed E-state index contributed by atoms with van der Waals surface area (Å²) in [5.74, 6) is -0.936. The lowest BCUT2D eigenvalue weighted by Gasteiger charge is -2.12. The number of carboxylic acid groups (broad SMARTS) is 1. The fourth-order valence-corrected chi connectivity index (χ4v) is 2.34. The number of fused-ring (bicyclic) bond motifs is 1. The molecule has 17 heavy (non-hydrogen) atoms. The molecule has 1 atom stereocenters. The highest BCUT2D eigenvalue weighted by Crippen LogP contribution is 2.24. The molecule has 2 aromatic rings. The first kappa shape index (κ1) is 10.4. The van der Waals surface area contributed by atoms with Crippen LogP contribution in [0, 0.1) is 0 Å². The zero-order valence-electron chi connectivity index (χ0n) is 9.26. The normalized spacial score (nSPS) is 20.1. The van der Waals surface area contributed by atoms with Crippen LogP contribution in [0.15, 0.2) is 22.8 Å². The van der Waals surface area contributed by atoms with Gasteiger partial charge in [0.05, 0.1) is 17.9 Å². The summed E-state index contributed by atoms with van der Waals surface area (Å²) >= 11 is 0. The Kier molecular flexibility index (Phi) is 2.40. The van der Waals surface area contributed by atoms with E-state index in [2.05, 4.69) is 0 Å². The summed E-state index contributed by atoms with van der Waals surface area (Å²) in [7, 11) is 0. The summed E-state index contributed by atoms with van der Waals surface area (Å²) in [5.41, 5.74) is 1.69. The Morgan fingerprint density at radius 3 is 3.18 bits per heavy atom. The van der Waals surface area contributed by atoms with Gasteiger partial charge in [0.15, 0.2) is 5.58 Å². The van der Waals surface area contributed by atoms with Gasteiger partial charge in [-0.1, -0.05) is 0 Å². The molecule has 0 spiro atoms. The van der Waals surface area contributed by atoms with Crippen molar-refractivity contribution < 1.29 is 19.1 Å². The Morgan fingerprint density at radius 2 is 2.47 bits per heavy atom. The third-order valence-electron chi connectivity index (χ3n) is 3.15. The number of hydrogen-bond donors (Lipinski definition) is 1. The average Bonchev–Trinajstić information content (AvgIpc) is 2.96. The van der Waals surface area contributed by atoms with Gasteiger partial charge in [-0.25, -0.2) is 4.79 Å². The van der Waals surface area contributed by atoms with Gasteiger partial charge in [-0.05, 0) is 12.8 Å². The van der Waals surface area contributed by atoms with Gasteiger partial charge in [-0.15, -0.1) is 0 Å². The number of aromatic carboxylic acids is 1. The Morgan fingerprint density at radius 1 is 1.59 bits per heavy atom. The molecule has 3 heterocycles. The SMILES string of the molecule is O=C(O)c1cc2occc2n1C[C@H]1CCCO1. The van der Waals surface area contributed by atoms with Crippen LogP contribution in [-0.4, -0.2) is 28.4 Å². The minimum Gasteiger partial charge on any atom is -0.477 e. The lowest BCUT2D eigenvalue weighted by molar-refractivity contribution is 0.0672. The van der Waals surface area contributed by atoms with E-state index in [0.29, 0.717) is 12.1 Å². The van der Waals surface area contributed by atoms with Crippen molar-refractivity contribution in [2.24, 2.45) is 0 Å². The van der Waals surface area contributed by atoms with Crippen LogP contribution >= 0.6 is 0 Å². The molecule has 1 aliphatic rings. The standard InChI is InChI=1S/C12H13NO4/c14-12(15)10-6-11-9(3-5-17-11)13(10)7-8-2-1-4-16-8/h3,5-6,8H,1-2,4,7H2,(H,14,15)/t8-/m1/s1. The summed E-state index contributed by atoms with van der Waals surface area (Å²) in [5, 5.41) is 9.16. The van der Waals surface area contributed by atoms with E-state index in [1.54, 1.807) is 23.0 Å². The van der Waals surface area contributed by atoms with Gasteiger partial charge in [-0.3, -0.25) is 0 Å². The Balaban J connectivity index is 2.01. The Bertz CT molecular complexity index is 548. The fourth-order valence-electron chi connectivity index (χ4n) is 2.34. The molecule has 90 valence electrons. The zero-order valence-corrected chi connectivity index (χ0v) is 9.26. The van der Waals surface area contributed by atoms with Gasteiger partial charge in [0.25, 0.3) is 0 Å². The lowest BCUT2D eigenvalue weighted by atomic mass is 10.2. The number of carbonyl (C=O) groups is 1. The van der Waals surface area contributed by atoms with Gasteiger partial charge in [0.1, 0.15) is 5.69 Å². The molecule has 0 amide bonds. The molecule has 0 bridgehead atoms. The number of aromatic nitrogens is 1. The van der Waals surface area contributed by atoms with E-state index in [4.69, 9.17) is 14.3 Å². The second kappa shape index (κ2) is 3.92. The molecule has 0 radical (unpaired) electrons. The van der Waals surface area contributed by atoms with E-state index in [0.717, 1.165) is 25.0 Å². The molecule has 0 unspecified atom stereocenters. The van der Waals surface area contributed by atoms with Crippen LogP contribution in [0.2, 0.25) is 0 Å². The molecule has 0 aliphatic carbocycles. The van der Waals surface area contributed by atoms with Crippen LogP contribution in [0.3, 0.4) is 0 Å². The number of rotatable bonds is 3. The van der Waals surface area contributed by atoms with E-state index < -0.39 is 5.97 Å². The highest BCUT2D eigenvalue weighted by Gasteiger charge is 2.22. The van der Waals surface area contributed by atoms with Crippen LogP contribution < -0.4 is 0 Å². The third-order valence-corrected chi connectivity index (χ3v) is 3.15. The largest absolute Gasteiger partial charge is 0.477 e. The topological polar surface area (TPSA) is 64.6 Å². The van der Waals surface area contributed by atoms with Gasteiger partial charge in [-0.2, -0.15) is 0 Å². The number of nitrogens with zero attached hydrogens (tertiary/aromatic N) is 1. The summed E-state index contributed by atoms with van der Waals surface area (Å²) in [6.07, 6.45) is 3.71. The molecule has 2 aromatic heterocycles. The molecule has 3 rings (SSSR count). The van der Waals surface area contributed by atoms with Crippen LogP contribution in [0.25, 0.3) is 11.1 Å². The van der Waals surface area contributed by atoms with Crippen molar-refractivity contribution in [1.82, 2.24) is 4.57 Å². The summed E-state index contributed by atoms with van der Waals surface area (Å²) < 4.78 is 12.5. The predicted octanol–water partition coefficient (Wildman–Crippen LogP) is 2.11. The van der Waals surface area contributed by atoms with Crippen molar-refractivity contribution in [3.05, 3.63) is 24.1 Å². The fraction of sp³-hybridized carbons (Fsp3) is 0.417. The smallest absolute Gasteiger partial charge is 0.352 e. The molecule has 0 saturated carbocycles. The quantitative estimate of drug-likeness (QED) is 0.884. The maximum atomic E-state index is 11.2. The first-order valence-electron chi connectivity index (χ1n) is 5.67. The van der Waals surface area contributed by atoms with Crippen molar-refractivity contribution >= 4 is 17.1 Å². The van der Waals surface area contributed by atoms with E-state index in [9.17, 15) is 4.79 Å². The lowest BCUT2D eigenvalue weighted by Crippen LogP contribution is -2.18. The second-order valence-electron chi connectivity index (χ2n) is 4.25. The molecule has 1 saturated heterocycles. The van der Waals surface area contributed by atoms with Gasteiger partial charge in [0.2, 0.25) is 0 Å². The van der Waals surface area contributed by atoms with Gasteiger partial charge < -0.3 is 18.8 Å². The molecule has 5 nitrogen and oxygen atoms in total. The van der Waals surface area contributed by atoms with E-state index in [-0.39, 0.29) is 11.8 Å². The van der Waals surface area contributed by atoms with Crippen LogP contribution in [0.4, 0.5) is 0 Å². The highest BCUT2D eigenvalue weighted by molar-refractivity contribution is 5.92. The second-order valence-corrected chi connectivity index (χ2v) is 4.25. The maximum absolute atomic E-state index is 11.2. The first-order chi connectivity index (χ1) is 8.25. The molecular formula is C12H13NO4. The van der Waals surface area contributed by atoms with Crippen LogP contribution in [0.5, 0.6) is 0 Å². The van der Waals surface area contributed by atoms with Crippen molar-refractivity contribution in [3.8, 4) is 0 Å². The van der Waals surface area contributed by atoms with Gasteiger partial charge >= 0.3 is 5.97 Å². The van der Waals surface area contributed by atoms with Crippen molar-refractivity contribution in [2.75, 3.05) is 6.61 Å². The van der Waals surface area contributed by atoms with Crippen molar-refractivity contribution in [2.45, 2.75) is 25.5 Å². The first-order valence-corrected chi connectivity index (χ1v) is 5.67. The number of hydrogen-bond acceptors (Lipinski definition) is 3. The number of carboxylic acids is 1. The third kappa shape index (κ3) is 1.72. The van der Waals surface area contributed by atoms with Gasteiger partial charge in [0, 0.05) is 25.3 Å². The minimum absolute atomic E-state index is 0.110. The monoisotopic (exact) mass is 235 g/mol. The molecule has 0 aromatic carbocycles. The van der Waals surface area contributed by atoms with Crippen molar-refractivity contribution in [1.29, 1.82) is 0 Å². The van der Waals surface area contributed by atoms with Crippen LogP contribution in [0.1, 0.15) is 23.3 Å². The zero-order chi connectivity index (χ0) is 11.8. The minimum atomic E-state index is -0.936. The van der Waals surface area contributed by atoms with E-state index >= 15 is 0 Å². The molecule has 1 N–H and O–H groups in total. The highest BCUT2D eigenvalue weighted by atomic mass is 16.5. The van der Waals surface area contributed by atoms with Crippen molar-refractivity contribution in [3.63, 3.8) is 0 Å². The predicted molar refractivity (Wildman–Crippen MR) is 60.1 cm³/mol. The molecular weight excluding hydrogens is 222 g/mol. The number of furan rings is 1. The number of ether oxygens (including phenoxy) is 1. The summed E-state index contributed by atoms with van der Waals surface area (Å²) in [6, 6.07) is 3.35. The Labute approximate surface area is 97.6 Å². The van der Waals surface area contributed by atoms with Crippen LogP contribution in [-0.2, 0) is 11.3 Å². The average molecular weight is 235 g/mol. The van der Waals surface area contributed by atoms with E-state index in [1.165, 1.54) is 0 Å².